The van der Waals surface area contributed by atoms with Crippen molar-refractivity contribution in [3.05, 3.63) is 60.2 Å². The van der Waals surface area contributed by atoms with Crippen LogP contribution in [0.1, 0.15) is 31.4 Å². The van der Waals surface area contributed by atoms with Crippen LogP contribution in [-0.4, -0.2) is 24.1 Å². The van der Waals surface area contributed by atoms with E-state index in [1.807, 2.05) is 61.5 Å². The van der Waals surface area contributed by atoms with Gasteiger partial charge in [0, 0.05) is 30.0 Å². The van der Waals surface area contributed by atoms with E-state index in [4.69, 9.17) is 0 Å². The smallest absolute Gasteiger partial charge is 0.227 e. The summed E-state index contributed by atoms with van der Waals surface area (Å²) in [7, 11) is 0. The maximum atomic E-state index is 12.6. The van der Waals surface area contributed by atoms with E-state index >= 15 is 0 Å². The number of hydrogen-bond donors (Lipinski definition) is 1. The van der Waals surface area contributed by atoms with Crippen LogP contribution in [-0.2, 0) is 9.59 Å². The molecule has 3 rings (SSSR count). The van der Waals surface area contributed by atoms with E-state index in [0.29, 0.717) is 6.54 Å². The Morgan fingerprint density at radius 3 is 2.60 bits per heavy atom. The van der Waals surface area contributed by atoms with Crippen LogP contribution in [0.3, 0.4) is 0 Å². The number of carbonyl (C=O) groups is 2. The van der Waals surface area contributed by atoms with E-state index in [2.05, 4.69) is 5.32 Å². The first-order valence-electron chi connectivity index (χ1n) is 8.51. The molecule has 0 radical (unpaired) electrons. The van der Waals surface area contributed by atoms with Crippen LogP contribution in [0, 0.1) is 0 Å². The standard InChI is InChI=1S/C20H22N2O2S/c1-15(16-7-3-2-4-8-16)21-19(23)11-12-20(24)22-13-14-25-18-10-6-5-9-17(18)22/h2-10,15H,11-14H2,1H3,(H,21,23). The van der Waals surface area contributed by atoms with Gasteiger partial charge in [-0.2, -0.15) is 0 Å². The third-order valence-electron chi connectivity index (χ3n) is 4.27. The molecule has 2 aromatic carbocycles. The molecule has 0 bridgehead atoms. The average Bonchev–Trinajstić information content (AvgIpc) is 2.66. The lowest BCUT2D eigenvalue weighted by molar-refractivity contribution is -0.125. The van der Waals surface area contributed by atoms with Crippen molar-refractivity contribution in [2.45, 2.75) is 30.7 Å². The zero-order valence-electron chi connectivity index (χ0n) is 14.3. The second-order valence-electron chi connectivity index (χ2n) is 6.06. The van der Waals surface area contributed by atoms with Crippen LogP contribution in [0.2, 0.25) is 0 Å². The van der Waals surface area contributed by atoms with Crippen molar-refractivity contribution >= 4 is 29.3 Å². The summed E-state index contributed by atoms with van der Waals surface area (Å²) in [5.41, 5.74) is 2.02. The van der Waals surface area contributed by atoms with Gasteiger partial charge in [-0.05, 0) is 24.6 Å². The van der Waals surface area contributed by atoms with E-state index in [-0.39, 0.29) is 30.7 Å². The summed E-state index contributed by atoms with van der Waals surface area (Å²) >= 11 is 1.77. The summed E-state index contributed by atoms with van der Waals surface area (Å²) in [4.78, 5) is 27.7. The van der Waals surface area contributed by atoms with Gasteiger partial charge in [-0.15, -0.1) is 11.8 Å². The Morgan fingerprint density at radius 1 is 1.08 bits per heavy atom. The molecule has 130 valence electrons. The molecule has 1 aliphatic heterocycles. The Hall–Kier alpha value is -2.27. The van der Waals surface area contributed by atoms with Crippen molar-refractivity contribution in [1.82, 2.24) is 5.32 Å². The number of nitrogens with one attached hydrogen (secondary N) is 1. The zero-order chi connectivity index (χ0) is 17.6. The van der Waals surface area contributed by atoms with Crippen LogP contribution in [0.5, 0.6) is 0 Å². The first kappa shape index (κ1) is 17.5. The molecular weight excluding hydrogens is 332 g/mol. The van der Waals surface area contributed by atoms with Gasteiger partial charge in [0.15, 0.2) is 0 Å². The van der Waals surface area contributed by atoms with Crippen molar-refractivity contribution < 1.29 is 9.59 Å². The Kier molecular flexibility index (Phi) is 5.76. The minimum absolute atomic E-state index is 0.00950. The molecule has 2 amide bonds. The van der Waals surface area contributed by atoms with Gasteiger partial charge < -0.3 is 10.2 Å². The lowest BCUT2D eigenvalue weighted by Crippen LogP contribution is -2.36. The molecular formula is C20H22N2O2S. The fraction of sp³-hybridized carbons (Fsp3) is 0.300. The third kappa shape index (κ3) is 4.42. The van der Waals surface area contributed by atoms with Crippen LogP contribution >= 0.6 is 11.8 Å². The largest absolute Gasteiger partial charge is 0.350 e. The Labute approximate surface area is 152 Å². The maximum absolute atomic E-state index is 12.6. The number of thioether (sulfide) groups is 1. The number of amides is 2. The van der Waals surface area contributed by atoms with Gasteiger partial charge in [-0.3, -0.25) is 9.59 Å². The third-order valence-corrected chi connectivity index (χ3v) is 5.32. The van der Waals surface area contributed by atoms with Gasteiger partial charge in [0.2, 0.25) is 11.8 Å². The highest BCUT2D eigenvalue weighted by atomic mass is 32.2. The van der Waals surface area contributed by atoms with Crippen LogP contribution < -0.4 is 10.2 Å². The molecule has 0 aliphatic carbocycles. The Bertz CT molecular complexity index is 748. The molecule has 4 nitrogen and oxygen atoms in total. The first-order chi connectivity index (χ1) is 12.1. The molecule has 1 aliphatic rings. The summed E-state index contributed by atoms with van der Waals surface area (Å²) in [5.74, 6) is 0.805. The minimum atomic E-state index is -0.0932. The SMILES string of the molecule is CC(NC(=O)CCC(=O)N1CCSc2ccccc21)c1ccccc1. The highest BCUT2D eigenvalue weighted by Gasteiger charge is 2.23. The normalized spacial score (nSPS) is 14.5. The molecule has 0 aromatic heterocycles. The van der Waals surface area contributed by atoms with Crippen molar-refractivity contribution in [1.29, 1.82) is 0 Å². The van der Waals surface area contributed by atoms with E-state index in [9.17, 15) is 9.59 Å². The van der Waals surface area contributed by atoms with E-state index in [1.165, 1.54) is 0 Å². The average molecular weight is 354 g/mol. The van der Waals surface area contributed by atoms with Gasteiger partial charge in [0.05, 0.1) is 11.7 Å². The number of nitrogens with zero attached hydrogens (tertiary/aromatic N) is 1. The van der Waals surface area contributed by atoms with Gasteiger partial charge >= 0.3 is 0 Å². The summed E-state index contributed by atoms with van der Waals surface area (Å²) in [6.45, 7) is 2.65. The quantitative estimate of drug-likeness (QED) is 0.889. The fourth-order valence-corrected chi connectivity index (χ4v) is 3.92. The van der Waals surface area contributed by atoms with E-state index in [1.54, 1.807) is 16.7 Å². The summed E-state index contributed by atoms with van der Waals surface area (Å²) in [5, 5.41) is 2.96. The first-order valence-corrected chi connectivity index (χ1v) is 9.50. The zero-order valence-corrected chi connectivity index (χ0v) is 15.1. The molecule has 1 N–H and O–H groups in total. The van der Waals surface area contributed by atoms with Crippen molar-refractivity contribution in [2.24, 2.45) is 0 Å². The molecule has 1 atom stereocenters. The van der Waals surface area contributed by atoms with Crippen molar-refractivity contribution in [3.8, 4) is 0 Å². The van der Waals surface area contributed by atoms with Crippen molar-refractivity contribution in [2.75, 3.05) is 17.2 Å². The number of rotatable bonds is 5. The van der Waals surface area contributed by atoms with Crippen LogP contribution in [0.4, 0.5) is 5.69 Å². The number of anilines is 1. The lowest BCUT2D eigenvalue weighted by Gasteiger charge is -2.29. The number of fused-ring (bicyclic) bond motifs is 1. The number of para-hydroxylation sites is 1. The maximum Gasteiger partial charge on any atom is 0.227 e. The van der Waals surface area contributed by atoms with E-state index in [0.717, 1.165) is 21.9 Å². The highest BCUT2D eigenvalue weighted by molar-refractivity contribution is 7.99. The second-order valence-corrected chi connectivity index (χ2v) is 7.20. The predicted octanol–water partition coefficient (Wildman–Crippen LogP) is 3.78. The van der Waals surface area contributed by atoms with E-state index < -0.39 is 0 Å². The number of hydrogen-bond acceptors (Lipinski definition) is 3. The molecule has 0 saturated carbocycles. The Morgan fingerprint density at radius 2 is 1.80 bits per heavy atom. The van der Waals surface area contributed by atoms with Gasteiger partial charge in [0.25, 0.3) is 0 Å². The molecule has 0 saturated heterocycles. The summed E-state index contributed by atoms with van der Waals surface area (Å²) in [6, 6.07) is 17.7. The highest BCUT2D eigenvalue weighted by Crippen LogP contribution is 2.34. The summed E-state index contributed by atoms with van der Waals surface area (Å²) in [6.07, 6.45) is 0.439. The molecule has 5 heteroatoms. The number of carbonyl (C=O) groups excluding carboxylic acids is 2. The minimum Gasteiger partial charge on any atom is -0.350 e. The predicted molar refractivity (Wildman–Crippen MR) is 102 cm³/mol. The molecule has 1 unspecified atom stereocenters. The molecule has 0 fully saturated rings. The Balaban J connectivity index is 1.53. The fourth-order valence-electron chi connectivity index (χ4n) is 2.92. The molecule has 0 spiro atoms. The molecule has 2 aromatic rings. The van der Waals surface area contributed by atoms with Crippen LogP contribution in [0.25, 0.3) is 0 Å². The second kappa shape index (κ2) is 8.21. The molecule has 1 heterocycles. The van der Waals surface area contributed by atoms with Gasteiger partial charge in [-0.1, -0.05) is 42.5 Å². The molecule has 25 heavy (non-hydrogen) atoms. The van der Waals surface area contributed by atoms with Crippen molar-refractivity contribution in [3.63, 3.8) is 0 Å². The lowest BCUT2D eigenvalue weighted by atomic mass is 10.1. The monoisotopic (exact) mass is 354 g/mol. The topological polar surface area (TPSA) is 49.4 Å². The number of benzene rings is 2. The van der Waals surface area contributed by atoms with Gasteiger partial charge in [-0.25, -0.2) is 0 Å². The van der Waals surface area contributed by atoms with Crippen LogP contribution in [0.15, 0.2) is 59.5 Å². The van der Waals surface area contributed by atoms with Gasteiger partial charge in [0.1, 0.15) is 0 Å². The summed E-state index contributed by atoms with van der Waals surface area (Å²) < 4.78 is 0.